The molecule has 1 aromatic carbocycles. The molecule has 0 bridgehead atoms. The highest BCUT2D eigenvalue weighted by Crippen LogP contribution is 2.38. The molecule has 24 heavy (non-hydrogen) atoms. The van der Waals surface area contributed by atoms with Gasteiger partial charge in [-0.25, -0.2) is 0 Å². The molecule has 0 spiro atoms. The molecule has 2 N–H and O–H groups in total. The maximum Gasteiger partial charge on any atom is 0.307 e. The van der Waals surface area contributed by atoms with E-state index in [1.807, 2.05) is 24.3 Å². The fraction of sp³-hybridized carbons (Fsp3) is 0.556. The zero-order valence-electron chi connectivity index (χ0n) is 13.6. The number of ether oxygens (including phenoxy) is 2. The van der Waals surface area contributed by atoms with E-state index in [2.05, 4.69) is 5.32 Å². The molecule has 0 aromatic heterocycles. The molecular formula is C18H23NO5. The molecule has 3 rings (SSSR count). The van der Waals surface area contributed by atoms with E-state index in [4.69, 9.17) is 14.6 Å². The number of amides is 1. The highest BCUT2D eigenvalue weighted by Gasteiger charge is 2.48. The van der Waals surface area contributed by atoms with Gasteiger partial charge in [0.05, 0.1) is 24.5 Å². The second-order valence-corrected chi connectivity index (χ2v) is 6.45. The third-order valence-electron chi connectivity index (χ3n) is 4.56. The summed E-state index contributed by atoms with van der Waals surface area (Å²) in [6.07, 6.45) is 2.56. The first-order chi connectivity index (χ1) is 11.6. The fourth-order valence-corrected chi connectivity index (χ4v) is 2.96. The van der Waals surface area contributed by atoms with E-state index in [0.717, 1.165) is 37.2 Å². The number of hydrogen-bond donors (Lipinski definition) is 2. The lowest BCUT2D eigenvalue weighted by atomic mass is 10.1. The molecule has 2 fully saturated rings. The molecule has 1 heterocycles. The van der Waals surface area contributed by atoms with Crippen LogP contribution in [0.1, 0.15) is 30.4 Å². The highest BCUT2D eigenvalue weighted by atomic mass is 16.5. The number of rotatable bonds is 7. The predicted molar refractivity (Wildman–Crippen MR) is 86.2 cm³/mol. The van der Waals surface area contributed by atoms with Gasteiger partial charge in [0.15, 0.2) is 0 Å². The number of benzene rings is 1. The van der Waals surface area contributed by atoms with Crippen LogP contribution < -0.4 is 5.32 Å². The van der Waals surface area contributed by atoms with Crippen LogP contribution in [0.5, 0.6) is 0 Å². The van der Waals surface area contributed by atoms with Crippen LogP contribution in [0.2, 0.25) is 0 Å². The molecule has 1 aliphatic heterocycles. The third kappa shape index (κ3) is 4.55. The van der Waals surface area contributed by atoms with Crippen molar-refractivity contribution in [1.82, 2.24) is 5.32 Å². The Hall–Kier alpha value is -1.92. The quantitative estimate of drug-likeness (QED) is 0.794. The van der Waals surface area contributed by atoms with Crippen molar-refractivity contribution in [3.05, 3.63) is 35.4 Å². The molecule has 1 amide bonds. The molecular weight excluding hydrogens is 310 g/mol. The number of aliphatic carboxylic acids is 1. The van der Waals surface area contributed by atoms with Gasteiger partial charge in [0.2, 0.25) is 5.91 Å². The number of carbonyl (C=O) groups is 2. The lowest BCUT2D eigenvalue weighted by Crippen LogP contribution is -2.26. The van der Waals surface area contributed by atoms with E-state index in [9.17, 15) is 9.59 Å². The van der Waals surface area contributed by atoms with Gasteiger partial charge in [0, 0.05) is 19.8 Å². The van der Waals surface area contributed by atoms with Crippen molar-refractivity contribution in [1.29, 1.82) is 0 Å². The van der Waals surface area contributed by atoms with E-state index in [1.54, 1.807) is 0 Å². The summed E-state index contributed by atoms with van der Waals surface area (Å²) in [5, 5.41) is 11.7. The van der Waals surface area contributed by atoms with Crippen molar-refractivity contribution in [2.45, 2.75) is 38.5 Å². The van der Waals surface area contributed by atoms with Crippen LogP contribution >= 0.6 is 0 Å². The van der Waals surface area contributed by atoms with E-state index < -0.39 is 11.9 Å². The zero-order chi connectivity index (χ0) is 16.9. The van der Waals surface area contributed by atoms with Gasteiger partial charge >= 0.3 is 5.97 Å². The zero-order valence-corrected chi connectivity index (χ0v) is 13.6. The molecule has 130 valence electrons. The maximum absolute atomic E-state index is 11.9. The molecule has 0 radical (unpaired) electrons. The molecule has 0 unspecified atom stereocenters. The lowest BCUT2D eigenvalue weighted by Gasteiger charge is -2.22. The molecule has 2 atom stereocenters. The van der Waals surface area contributed by atoms with Gasteiger partial charge < -0.3 is 19.9 Å². The monoisotopic (exact) mass is 333 g/mol. The van der Waals surface area contributed by atoms with Gasteiger partial charge in [-0.15, -0.1) is 0 Å². The van der Waals surface area contributed by atoms with E-state index >= 15 is 0 Å². The van der Waals surface area contributed by atoms with Crippen molar-refractivity contribution in [2.24, 2.45) is 11.8 Å². The van der Waals surface area contributed by atoms with Crippen molar-refractivity contribution in [2.75, 3.05) is 13.2 Å². The van der Waals surface area contributed by atoms with Crippen molar-refractivity contribution >= 4 is 11.9 Å². The summed E-state index contributed by atoms with van der Waals surface area (Å²) in [5.41, 5.74) is 2.06. The second-order valence-electron chi connectivity index (χ2n) is 6.45. The number of hydrogen-bond acceptors (Lipinski definition) is 4. The molecule has 1 saturated heterocycles. The van der Waals surface area contributed by atoms with Gasteiger partial charge in [-0.2, -0.15) is 0 Å². The highest BCUT2D eigenvalue weighted by molar-refractivity contribution is 5.89. The Balaban J connectivity index is 1.44. The first-order valence-electron chi connectivity index (χ1n) is 8.41. The van der Waals surface area contributed by atoms with Gasteiger partial charge in [-0.1, -0.05) is 24.3 Å². The Bertz CT molecular complexity index is 597. The van der Waals surface area contributed by atoms with Crippen LogP contribution in [-0.2, 0) is 32.2 Å². The summed E-state index contributed by atoms with van der Waals surface area (Å²) >= 11 is 0. The Labute approximate surface area is 141 Å². The largest absolute Gasteiger partial charge is 0.481 e. The number of carboxylic acids is 1. The fourth-order valence-electron chi connectivity index (χ4n) is 2.96. The molecule has 1 saturated carbocycles. The van der Waals surface area contributed by atoms with Crippen molar-refractivity contribution in [3.8, 4) is 0 Å². The average molecular weight is 333 g/mol. The molecule has 6 nitrogen and oxygen atoms in total. The van der Waals surface area contributed by atoms with Crippen LogP contribution in [0.3, 0.4) is 0 Å². The van der Waals surface area contributed by atoms with Crippen molar-refractivity contribution in [3.63, 3.8) is 0 Å². The molecule has 2 aliphatic rings. The Kier molecular flexibility index (Phi) is 5.48. The van der Waals surface area contributed by atoms with Crippen LogP contribution in [0.15, 0.2) is 24.3 Å². The molecule has 1 aromatic rings. The second kappa shape index (κ2) is 7.77. The van der Waals surface area contributed by atoms with Gasteiger partial charge in [-0.05, 0) is 30.4 Å². The van der Waals surface area contributed by atoms with Gasteiger partial charge in [0.1, 0.15) is 0 Å². The SMILES string of the molecule is O=C(NCc1cccc(COC2CCOCC2)c1)[C@H]1C[C@H]1C(=O)O. The van der Waals surface area contributed by atoms with Gasteiger partial charge in [-0.3, -0.25) is 9.59 Å². The summed E-state index contributed by atoms with van der Waals surface area (Å²) in [4.78, 5) is 22.7. The van der Waals surface area contributed by atoms with Crippen LogP contribution in [0.4, 0.5) is 0 Å². The summed E-state index contributed by atoms with van der Waals surface area (Å²) in [7, 11) is 0. The topological polar surface area (TPSA) is 84.9 Å². The Morgan fingerprint density at radius 2 is 1.96 bits per heavy atom. The van der Waals surface area contributed by atoms with Gasteiger partial charge in [0.25, 0.3) is 0 Å². The van der Waals surface area contributed by atoms with Crippen LogP contribution in [-0.4, -0.2) is 36.3 Å². The third-order valence-corrected chi connectivity index (χ3v) is 4.56. The van der Waals surface area contributed by atoms with Crippen LogP contribution in [0, 0.1) is 11.8 Å². The first-order valence-corrected chi connectivity index (χ1v) is 8.41. The molecule has 1 aliphatic carbocycles. The summed E-state index contributed by atoms with van der Waals surface area (Å²) in [6.45, 7) is 2.48. The first kappa shape index (κ1) is 16.9. The van der Waals surface area contributed by atoms with E-state index in [0.29, 0.717) is 19.6 Å². The number of nitrogens with one attached hydrogen (secondary N) is 1. The standard InChI is InChI=1S/C18H23NO5/c20-17(15-9-16(15)18(21)22)19-10-12-2-1-3-13(8-12)11-24-14-4-6-23-7-5-14/h1-3,8,14-16H,4-7,9-11H2,(H,19,20)(H,21,22)/t15-,16+/m0/s1. The minimum absolute atomic E-state index is 0.175. The Morgan fingerprint density at radius 1 is 1.21 bits per heavy atom. The minimum Gasteiger partial charge on any atom is -0.481 e. The van der Waals surface area contributed by atoms with Crippen molar-refractivity contribution < 1.29 is 24.2 Å². The average Bonchev–Trinajstić information content (AvgIpc) is 3.40. The van der Waals surface area contributed by atoms with Crippen LogP contribution in [0.25, 0.3) is 0 Å². The molecule has 6 heteroatoms. The number of carboxylic acid groups (broad SMARTS) is 1. The minimum atomic E-state index is -0.887. The summed E-state index contributed by atoms with van der Waals surface area (Å²) in [6, 6.07) is 7.91. The van der Waals surface area contributed by atoms with E-state index in [-0.39, 0.29) is 17.9 Å². The Morgan fingerprint density at radius 3 is 2.67 bits per heavy atom. The normalized spacial score (nSPS) is 23.7. The smallest absolute Gasteiger partial charge is 0.307 e. The summed E-state index contributed by atoms with van der Waals surface area (Å²) in [5.74, 6) is -1.94. The van der Waals surface area contributed by atoms with E-state index in [1.165, 1.54) is 0 Å². The number of carbonyl (C=O) groups excluding carboxylic acids is 1. The maximum atomic E-state index is 11.9. The predicted octanol–water partition coefficient (Wildman–Crippen LogP) is 1.72. The summed E-state index contributed by atoms with van der Waals surface area (Å²) < 4.78 is 11.2. The lowest BCUT2D eigenvalue weighted by molar-refractivity contribution is -0.140.